The average molecular weight is 280 g/mol. The van der Waals surface area contributed by atoms with Gasteiger partial charge in [0.15, 0.2) is 14.3 Å². The molecule has 1 atom stereocenters. The normalized spacial score (nSPS) is 12.6. The Bertz CT molecular complexity index is 390. The van der Waals surface area contributed by atoms with Crippen LogP contribution in [0.25, 0.3) is 0 Å². The Morgan fingerprint density at radius 1 is 1.16 bits per heavy atom. The molecule has 1 unspecified atom stereocenters. The number of rotatable bonds is 9. The van der Waals surface area contributed by atoms with E-state index in [4.69, 9.17) is 4.74 Å². The smallest absolute Gasteiger partial charge is 0.200 e. The number of hydrogen-bond acceptors (Lipinski definition) is 2. The van der Waals surface area contributed by atoms with Crippen LogP contribution in [0.5, 0.6) is 5.75 Å². The first kappa shape index (κ1) is 16.2. The molecule has 0 aliphatic carbocycles. The quantitative estimate of drug-likeness (QED) is 0.567. The second-order valence-corrected chi connectivity index (χ2v) is 5.91. The van der Waals surface area contributed by atoms with Gasteiger partial charge in [0.25, 0.3) is 0 Å². The first-order chi connectivity index (χ1) is 9.21. The summed E-state index contributed by atoms with van der Waals surface area (Å²) in [4.78, 5) is 0. The lowest BCUT2D eigenvalue weighted by Crippen LogP contribution is -2.05. The van der Waals surface area contributed by atoms with Crippen molar-refractivity contribution >= 4 is 8.46 Å². The number of hydrogen-bond donors (Lipinski definition) is 0. The summed E-state index contributed by atoms with van der Waals surface area (Å²) in [6.45, 7) is 6.23. The van der Waals surface area contributed by atoms with Gasteiger partial charge in [-0.05, 0) is 49.8 Å². The Kier molecular flexibility index (Phi) is 7.74. The van der Waals surface area contributed by atoms with Crippen molar-refractivity contribution in [2.75, 3.05) is 0 Å². The van der Waals surface area contributed by atoms with E-state index < -0.39 is 0 Å². The fourth-order valence-electron chi connectivity index (χ4n) is 2.05. The van der Waals surface area contributed by atoms with Crippen LogP contribution in [0.3, 0.4) is 0 Å². The molecule has 0 saturated heterocycles. The SMILES string of the molecule is CCCCc1ccc(OC(C)P=O)c(CCCC)c1. The molecule has 0 aliphatic rings. The fourth-order valence-corrected chi connectivity index (χ4v) is 2.21. The first-order valence-electron chi connectivity index (χ1n) is 7.32. The van der Waals surface area contributed by atoms with E-state index in [1.165, 1.54) is 30.4 Å². The van der Waals surface area contributed by atoms with Crippen molar-refractivity contribution in [3.05, 3.63) is 29.3 Å². The van der Waals surface area contributed by atoms with Crippen molar-refractivity contribution < 1.29 is 9.30 Å². The van der Waals surface area contributed by atoms with E-state index in [1.54, 1.807) is 0 Å². The maximum Gasteiger partial charge on any atom is 0.200 e. The maximum absolute atomic E-state index is 10.8. The predicted octanol–water partition coefficient (Wildman–Crippen LogP) is 5.39. The third kappa shape index (κ3) is 5.74. The van der Waals surface area contributed by atoms with Crippen LogP contribution in [0.4, 0.5) is 0 Å². The molecule has 2 nitrogen and oxygen atoms in total. The highest BCUT2D eigenvalue weighted by molar-refractivity contribution is 7.24. The molecule has 0 aromatic heterocycles. The minimum atomic E-state index is -0.276. The van der Waals surface area contributed by atoms with Gasteiger partial charge in [-0.1, -0.05) is 38.8 Å². The van der Waals surface area contributed by atoms with Gasteiger partial charge in [0.2, 0.25) is 0 Å². The van der Waals surface area contributed by atoms with E-state index in [1.807, 2.05) is 13.0 Å². The maximum atomic E-state index is 10.8. The highest BCUT2D eigenvalue weighted by Gasteiger charge is 2.09. The highest BCUT2D eigenvalue weighted by Crippen LogP contribution is 2.26. The van der Waals surface area contributed by atoms with Gasteiger partial charge in [0.1, 0.15) is 5.75 Å². The molecule has 0 amide bonds. The zero-order chi connectivity index (χ0) is 14.1. The summed E-state index contributed by atoms with van der Waals surface area (Å²) in [6, 6.07) is 6.43. The molecule has 0 fully saturated rings. The zero-order valence-corrected chi connectivity index (χ0v) is 13.2. The Morgan fingerprint density at radius 3 is 2.47 bits per heavy atom. The number of unbranched alkanes of at least 4 members (excludes halogenated alkanes) is 2. The minimum absolute atomic E-state index is 0.0396. The topological polar surface area (TPSA) is 26.3 Å². The Balaban J connectivity index is 2.84. The Hall–Kier alpha value is -0.880. The van der Waals surface area contributed by atoms with Crippen molar-refractivity contribution in [3.63, 3.8) is 0 Å². The van der Waals surface area contributed by atoms with Gasteiger partial charge in [-0.2, -0.15) is 0 Å². The van der Waals surface area contributed by atoms with Crippen LogP contribution in [0, 0.1) is 0 Å². The van der Waals surface area contributed by atoms with E-state index in [0.29, 0.717) is 0 Å². The van der Waals surface area contributed by atoms with Crippen molar-refractivity contribution in [2.45, 2.75) is 65.1 Å². The minimum Gasteiger partial charge on any atom is -0.478 e. The van der Waals surface area contributed by atoms with Gasteiger partial charge in [-0.15, -0.1) is 0 Å². The summed E-state index contributed by atoms with van der Waals surface area (Å²) in [6.07, 6.45) is 6.95. The predicted molar refractivity (Wildman–Crippen MR) is 81.4 cm³/mol. The molecule has 106 valence electrons. The second-order valence-electron chi connectivity index (χ2n) is 4.97. The summed E-state index contributed by atoms with van der Waals surface area (Å²) >= 11 is 0. The van der Waals surface area contributed by atoms with Crippen LogP contribution in [-0.2, 0) is 17.4 Å². The van der Waals surface area contributed by atoms with Gasteiger partial charge in [-0.25, -0.2) is 0 Å². The number of aryl methyl sites for hydroxylation is 2. The van der Waals surface area contributed by atoms with Crippen LogP contribution in [0.1, 0.15) is 57.6 Å². The Morgan fingerprint density at radius 2 is 1.84 bits per heavy atom. The lowest BCUT2D eigenvalue weighted by atomic mass is 10.0. The molecular formula is C16H25O2P. The fraction of sp³-hybridized carbons (Fsp3) is 0.625. The van der Waals surface area contributed by atoms with Crippen molar-refractivity contribution in [2.24, 2.45) is 0 Å². The molecule has 0 heterocycles. The lowest BCUT2D eigenvalue weighted by Gasteiger charge is -2.14. The molecule has 3 heteroatoms. The first-order valence-corrected chi connectivity index (χ1v) is 8.20. The Labute approximate surface area is 118 Å². The average Bonchev–Trinajstić information content (AvgIpc) is 2.44. The van der Waals surface area contributed by atoms with Gasteiger partial charge in [0.05, 0.1) is 0 Å². The molecule has 1 aromatic rings. The van der Waals surface area contributed by atoms with Crippen LogP contribution in [0.15, 0.2) is 18.2 Å². The van der Waals surface area contributed by atoms with Crippen LogP contribution in [0.2, 0.25) is 0 Å². The summed E-state index contributed by atoms with van der Waals surface area (Å²) in [5.74, 6) is 0.617. The van der Waals surface area contributed by atoms with Crippen LogP contribution >= 0.6 is 8.46 Å². The van der Waals surface area contributed by atoms with Crippen molar-refractivity contribution in [3.8, 4) is 5.75 Å². The molecule has 0 aliphatic heterocycles. The molecule has 1 rings (SSSR count). The van der Waals surface area contributed by atoms with Crippen molar-refractivity contribution in [1.82, 2.24) is 0 Å². The number of ether oxygens (including phenoxy) is 1. The van der Waals surface area contributed by atoms with E-state index in [2.05, 4.69) is 26.0 Å². The van der Waals surface area contributed by atoms with E-state index >= 15 is 0 Å². The largest absolute Gasteiger partial charge is 0.478 e. The molecule has 1 aromatic carbocycles. The molecule has 0 bridgehead atoms. The third-order valence-corrected chi connectivity index (χ3v) is 3.59. The van der Waals surface area contributed by atoms with Crippen LogP contribution in [-0.4, -0.2) is 5.85 Å². The van der Waals surface area contributed by atoms with E-state index in [0.717, 1.165) is 25.0 Å². The summed E-state index contributed by atoms with van der Waals surface area (Å²) in [7, 11) is 0.0396. The summed E-state index contributed by atoms with van der Waals surface area (Å²) in [5.41, 5.74) is 2.64. The number of benzene rings is 1. The molecular weight excluding hydrogens is 255 g/mol. The van der Waals surface area contributed by atoms with Gasteiger partial charge >= 0.3 is 0 Å². The van der Waals surface area contributed by atoms with Crippen LogP contribution < -0.4 is 4.74 Å². The highest BCUT2D eigenvalue weighted by atomic mass is 31.1. The second kappa shape index (κ2) is 9.09. The monoisotopic (exact) mass is 280 g/mol. The van der Waals surface area contributed by atoms with Crippen molar-refractivity contribution in [1.29, 1.82) is 0 Å². The lowest BCUT2D eigenvalue weighted by molar-refractivity contribution is 0.296. The van der Waals surface area contributed by atoms with Gasteiger partial charge in [0, 0.05) is 0 Å². The summed E-state index contributed by atoms with van der Waals surface area (Å²) < 4.78 is 16.5. The zero-order valence-electron chi connectivity index (χ0n) is 12.3. The molecule has 19 heavy (non-hydrogen) atoms. The third-order valence-electron chi connectivity index (χ3n) is 3.19. The van der Waals surface area contributed by atoms with Gasteiger partial charge in [-0.3, -0.25) is 4.57 Å². The standard InChI is InChI=1S/C16H25O2P/c1-4-6-8-14-10-11-16(18-13(3)19-17)15(12-14)9-7-5-2/h10-13H,4-9H2,1-3H3. The van der Waals surface area contributed by atoms with Gasteiger partial charge < -0.3 is 4.74 Å². The molecule has 0 N–H and O–H groups in total. The molecule has 0 spiro atoms. The van der Waals surface area contributed by atoms with E-state index in [9.17, 15) is 4.57 Å². The molecule has 0 radical (unpaired) electrons. The summed E-state index contributed by atoms with van der Waals surface area (Å²) in [5, 5.41) is 0. The molecule has 0 saturated carbocycles. The van der Waals surface area contributed by atoms with E-state index in [-0.39, 0.29) is 14.3 Å².